The van der Waals surface area contributed by atoms with Crippen LogP contribution in [0.25, 0.3) is 0 Å². The van der Waals surface area contributed by atoms with Crippen molar-refractivity contribution < 1.29 is 0 Å². The van der Waals surface area contributed by atoms with Gasteiger partial charge in [0, 0.05) is 12.7 Å². The average molecular weight is 342 g/mol. The van der Waals surface area contributed by atoms with Gasteiger partial charge in [-0.1, -0.05) is 13.8 Å². The number of nitrogens with one attached hydrogen (secondary N) is 1. The van der Waals surface area contributed by atoms with E-state index in [1.54, 1.807) is 11.3 Å². The van der Waals surface area contributed by atoms with Gasteiger partial charge in [0.1, 0.15) is 0 Å². The van der Waals surface area contributed by atoms with Crippen LogP contribution in [0, 0.1) is 0 Å². The molecule has 0 saturated heterocycles. The lowest BCUT2D eigenvalue weighted by molar-refractivity contribution is 0.512. The molecular weight excluding hydrogens is 322 g/mol. The Kier molecular flexibility index (Phi) is 5.60. The largest absolute Gasteiger partial charge is 0.305 e. The molecule has 0 radical (unpaired) electrons. The average Bonchev–Trinajstić information content (AvgIpc) is 3.01. The van der Waals surface area contributed by atoms with Crippen molar-refractivity contribution in [3.8, 4) is 0 Å². The van der Waals surface area contributed by atoms with Gasteiger partial charge in [-0.3, -0.25) is 4.68 Å². The number of thiophene rings is 1. The van der Waals surface area contributed by atoms with E-state index in [1.165, 1.54) is 15.0 Å². The van der Waals surface area contributed by atoms with E-state index in [9.17, 15) is 0 Å². The van der Waals surface area contributed by atoms with Crippen LogP contribution in [0.3, 0.4) is 0 Å². The number of aromatic nitrogens is 2. The Hall–Kier alpha value is -0.650. The number of hydrogen-bond acceptors (Lipinski definition) is 3. The molecule has 2 heterocycles. The molecule has 2 aromatic heterocycles. The topological polar surface area (TPSA) is 29.9 Å². The van der Waals surface area contributed by atoms with Gasteiger partial charge in [-0.15, -0.1) is 11.3 Å². The molecule has 2 rings (SSSR count). The summed E-state index contributed by atoms with van der Waals surface area (Å²) >= 11 is 5.28. The quantitative estimate of drug-likeness (QED) is 0.817. The van der Waals surface area contributed by atoms with Crippen LogP contribution in [0.4, 0.5) is 0 Å². The highest BCUT2D eigenvalue weighted by molar-refractivity contribution is 9.11. The molecule has 19 heavy (non-hydrogen) atoms. The van der Waals surface area contributed by atoms with Gasteiger partial charge < -0.3 is 5.32 Å². The molecule has 0 saturated carbocycles. The third-order valence-corrected chi connectivity index (χ3v) is 4.52. The molecule has 5 heteroatoms. The number of rotatable bonds is 7. The van der Waals surface area contributed by atoms with E-state index < -0.39 is 0 Å². The van der Waals surface area contributed by atoms with Crippen LogP contribution in [0.1, 0.15) is 44.0 Å². The molecule has 3 nitrogen and oxygen atoms in total. The third-order valence-electron chi connectivity index (χ3n) is 3.00. The maximum absolute atomic E-state index is 4.44. The second-order valence-corrected chi connectivity index (χ2v) is 6.84. The summed E-state index contributed by atoms with van der Waals surface area (Å²) in [6, 6.07) is 4.55. The number of hydrogen-bond donors (Lipinski definition) is 1. The molecule has 0 aromatic carbocycles. The molecule has 0 amide bonds. The fourth-order valence-corrected chi connectivity index (χ4v) is 3.35. The molecule has 0 aliphatic carbocycles. The second kappa shape index (κ2) is 7.22. The van der Waals surface area contributed by atoms with E-state index in [0.29, 0.717) is 0 Å². The molecule has 1 N–H and O–H groups in total. The molecule has 2 aromatic rings. The van der Waals surface area contributed by atoms with Gasteiger partial charge in [-0.25, -0.2) is 0 Å². The Morgan fingerprint density at radius 1 is 1.42 bits per heavy atom. The molecular formula is C14H20BrN3S. The Bertz CT molecular complexity index is 506. The summed E-state index contributed by atoms with van der Waals surface area (Å²) in [6.07, 6.45) is 4.12. The summed E-state index contributed by atoms with van der Waals surface area (Å²) in [5.74, 6) is 0. The zero-order chi connectivity index (χ0) is 13.7. The zero-order valence-electron chi connectivity index (χ0n) is 11.4. The molecule has 104 valence electrons. The lowest BCUT2D eigenvalue weighted by Crippen LogP contribution is -2.25. The molecule has 0 aliphatic rings. The molecule has 0 aliphatic heterocycles. The summed E-state index contributed by atoms with van der Waals surface area (Å²) in [5.41, 5.74) is 2.56. The van der Waals surface area contributed by atoms with Crippen LogP contribution in [0.5, 0.6) is 0 Å². The van der Waals surface area contributed by atoms with Crippen LogP contribution >= 0.6 is 27.3 Å². The summed E-state index contributed by atoms with van der Waals surface area (Å²) in [6.45, 7) is 6.35. The van der Waals surface area contributed by atoms with Crippen LogP contribution in [0.2, 0.25) is 0 Å². The summed E-state index contributed by atoms with van der Waals surface area (Å²) < 4.78 is 3.28. The molecule has 1 atom stereocenters. The predicted octanol–water partition coefficient (Wildman–Crippen LogP) is 4.21. The predicted molar refractivity (Wildman–Crippen MR) is 84.7 cm³/mol. The normalized spacial score (nSPS) is 12.8. The van der Waals surface area contributed by atoms with Crippen molar-refractivity contribution in [3.05, 3.63) is 38.8 Å². The van der Waals surface area contributed by atoms with E-state index in [2.05, 4.69) is 62.4 Å². The van der Waals surface area contributed by atoms with Crippen molar-refractivity contribution >= 4 is 27.3 Å². The van der Waals surface area contributed by atoms with Crippen molar-refractivity contribution in [2.24, 2.45) is 0 Å². The van der Waals surface area contributed by atoms with E-state index in [4.69, 9.17) is 0 Å². The first kappa shape index (κ1) is 14.8. The minimum absolute atomic E-state index is 0.233. The molecule has 0 fully saturated rings. The molecule has 1 unspecified atom stereocenters. The van der Waals surface area contributed by atoms with Gasteiger partial charge in [0.25, 0.3) is 0 Å². The van der Waals surface area contributed by atoms with E-state index in [0.717, 1.165) is 25.9 Å². The highest BCUT2D eigenvalue weighted by Crippen LogP contribution is 2.29. The first-order valence-corrected chi connectivity index (χ1v) is 8.42. The molecule has 0 bridgehead atoms. The standard InChI is InChI=1S/C14H20BrN3S/c1-3-6-16-14(11-9-13(15)19-10-11)12-5-7-17-18(12)8-4-2/h5,7,9-10,14,16H,3-4,6,8H2,1-2H3. The van der Waals surface area contributed by atoms with Crippen molar-refractivity contribution in [3.63, 3.8) is 0 Å². The van der Waals surface area contributed by atoms with E-state index in [-0.39, 0.29) is 6.04 Å². The smallest absolute Gasteiger partial charge is 0.0756 e. The number of halogens is 1. The lowest BCUT2D eigenvalue weighted by atomic mass is 10.1. The summed E-state index contributed by atoms with van der Waals surface area (Å²) in [4.78, 5) is 0. The van der Waals surface area contributed by atoms with Crippen molar-refractivity contribution in [1.29, 1.82) is 0 Å². The van der Waals surface area contributed by atoms with Crippen molar-refractivity contribution in [2.75, 3.05) is 6.54 Å². The van der Waals surface area contributed by atoms with Crippen molar-refractivity contribution in [2.45, 2.75) is 39.3 Å². The van der Waals surface area contributed by atoms with Crippen LogP contribution < -0.4 is 5.32 Å². The fraction of sp³-hybridized carbons (Fsp3) is 0.500. The van der Waals surface area contributed by atoms with Gasteiger partial charge in [-0.05, 0) is 58.4 Å². The van der Waals surface area contributed by atoms with Gasteiger partial charge in [0.2, 0.25) is 0 Å². The third kappa shape index (κ3) is 3.68. The first-order chi connectivity index (χ1) is 9.26. The van der Waals surface area contributed by atoms with Crippen LogP contribution in [-0.2, 0) is 6.54 Å². The highest BCUT2D eigenvalue weighted by atomic mass is 79.9. The number of nitrogens with zero attached hydrogens (tertiary/aromatic N) is 2. The Labute approximate surface area is 127 Å². The maximum atomic E-state index is 4.44. The SMILES string of the molecule is CCCNC(c1csc(Br)c1)c1ccnn1CCC. The zero-order valence-corrected chi connectivity index (χ0v) is 13.8. The summed E-state index contributed by atoms with van der Waals surface area (Å²) in [7, 11) is 0. The Morgan fingerprint density at radius 3 is 2.89 bits per heavy atom. The Balaban J connectivity index is 2.28. The van der Waals surface area contributed by atoms with Crippen molar-refractivity contribution in [1.82, 2.24) is 15.1 Å². The lowest BCUT2D eigenvalue weighted by Gasteiger charge is -2.19. The maximum Gasteiger partial charge on any atom is 0.0756 e. The monoisotopic (exact) mass is 341 g/mol. The molecule has 0 spiro atoms. The van der Waals surface area contributed by atoms with Crippen LogP contribution in [0.15, 0.2) is 27.5 Å². The fourth-order valence-electron chi connectivity index (χ4n) is 2.14. The minimum atomic E-state index is 0.233. The van der Waals surface area contributed by atoms with Gasteiger partial charge in [0.05, 0.1) is 15.5 Å². The highest BCUT2D eigenvalue weighted by Gasteiger charge is 2.18. The summed E-state index contributed by atoms with van der Waals surface area (Å²) in [5, 5.41) is 10.3. The van der Waals surface area contributed by atoms with Gasteiger partial charge in [-0.2, -0.15) is 5.10 Å². The van der Waals surface area contributed by atoms with Gasteiger partial charge >= 0.3 is 0 Å². The Morgan fingerprint density at radius 2 is 2.26 bits per heavy atom. The van der Waals surface area contributed by atoms with E-state index in [1.807, 2.05) is 6.20 Å². The minimum Gasteiger partial charge on any atom is -0.305 e. The second-order valence-electron chi connectivity index (χ2n) is 4.55. The first-order valence-electron chi connectivity index (χ1n) is 6.75. The van der Waals surface area contributed by atoms with Crippen LogP contribution in [-0.4, -0.2) is 16.3 Å². The van der Waals surface area contributed by atoms with E-state index >= 15 is 0 Å². The van der Waals surface area contributed by atoms with Gasteiger partial charge in [0.15, 0.2) is 0 Å². The number of aryl methyl sites for hydroxylation is 1.